The van der Waals surface area contributed by atoms with Crippen LogP contribution in [-0.2, 0) is 6.42 Å². The lowest BCUT2D eigenvalue weighted by atomic mass is 10.2. The molecule has 80 valence electrons. The first-order valence-corrected chi connectivity index (χ1v) is 6.64. The van der Waals surface area contributed by atoms with Gasteiger partial charge in [0.2, 0.25) is 0 Å². The van der Waals surface area contributed by atoms with Gasteiger partial charge in [0.05, 0.1) is 0 Å². The topological polar surface area (TPSA) is 51.8 Å². The number of hydrogen-bond acceptors (Lipinski definition) is 5. The van der Waals surface area contributed by atoms with Gasteiger partial charge in [0.1, 0.15) is 5.82 Å². The summed E-state index contributed by atoms with van der Waals surface area (Å²) in [4.78, 5) is 4.43. The third-order valence-electron chi connectivity index (χ3n) is 1.98. The van der Waals surface area contributed by atoms with Crippen LogP contribution in [-0.4, -0.2) is 21.2 Å². The maximum atomic E-state index is 5.54. The number of aromatic nitrogens is 2. The summed E-state index contributed by atoms with van der Waals surface area (Å²) in [6, 6.07) is 0. The second-order valence-corrected chi connectivity index (χ2v) is 5.35. The average Bonchev–Trinajstić information content (AvgIpc) is 2.65. The minimum absolute atomic E-state index is 0.595. The summed E-state index contributed by atoms with van der Waals surface area (Å²) in [6.45, 7) is 5.02. The van der Waals surface area contributed by atoms with Gasteiger partial charge in [0.15, 0.2) is 4.34 Å². The molecule has 0 amide bonds. The van der Waals surface area contributed by atoms with E-state index in [9.17, 15) is 0 Å². The van der Waals surface area contributed by atoms with Gasteiger partial charge in [-0.3, -0.25) is 0 Å². The molecule has 0 aliphatic rings. The van der Waals surface area contributed by atoms with Gasteiger partial charge in [-0.25, -0.2) is 4.98 Å². The van der Waals surface area contributed by atoms with Crippen LogP contribution in [0, 0.1) is 0 Å². The minimum Gasteiger partial charge on any atom is -0.330 e. The molecule has 0 aliphatic heterocycles. The molecule has 0 fully saturated rings. The van der Waals surface area contributed by atoms with Crippen LogP contribution in [0.4, 0.5) is 0 Å². The zero-order valence-corrected chi connectivity index (χ0v) is 10.3. The fraction of sp³-hybridized carbons (Fsp3) is 0.778. The Labute approximate surface area is 93.7 Å². The van der Waals surface area contributed by atoms with Crippen LogP contribution >= 0.6 is 23.3 Å². The van der Waals surface area contributed by atoms with Crippen LogP contribution in [0.15, 0.2) is 4.34 Å². The molecule has 0 aliphatic carbocycles. The van der Waals surface area contributed by atoms with Crippen molar-refractivity contribution in [2.75, 3.05) is 6.54 Å². The van der Waals surface area contributed by atoms with E-state index < -0.39 is 0 Å². The largest absolute Gasteiger partial charge is 0.330 e. The maximum absolute atomic E-state index is 5.54. The highest BCUT2D eigenvalue weighted by Gasteiger charge is 2.10. The second kappa shape index (κ2) is 6.37. The summed E-state index contributed by atoms with van der Waals surface area (Å²) in [6.07, 6.45) is 3.12. The van der Waals surface area contributed by atoms with E-state index in [-0.39, 0.29) is 0 Å². The summed E-state index contributed by atoms with van der Waals surface area (Å²) in [5.41, 5.74) is 5.54. The molecule has 1 heterocycles. The van der Waals surface area contributed by atoms with E-state index in [0.29, 0.717) is 5.25 Å². The molecule has 5 heteroatoms. The molecule has 0 spiro atoms. The molecule has 0 aromatic carbocycles. The van der Waals surface area contributed by atoms with Crippen LogP contribution in [0.2, 0.25) is 0 Å². The predicted molar refractivity (Wildman–Crippen MR) is 62.9 cm³/mol. The zero-order valence-electron chi connectivity index (χ0n) is 8.69. The maximum Gasteiger partial charge on any atom is 0.170 e. The minimum atomic E-state index is 0.595. The number of rotatable bonds is 6. The van der Waals surface area contributed by atoms with E-state index in [1.165, 1.54) is 11.5 Å². The highest BCUT2D eigenvalue weighted by atomic mass is 32.2. The molecular weight excluding hydrogens is 214 g/mol. The molecular formula is C9H17N3S2. The summed E-state index contributed by atoms with van der Waals surface area (Å²) in [7, 11) is 0. The average molecular weight is 231 g/mol. The van der Waals surface area contributed by atoms with Crippen molar-refractivity contribution in [3.05, 3.63) is 5.82 Å². The Morgan fingerprint density at radius 3 is 2.79 bits per heavy atom. The molecule has 1 atom stereocenters. The van der Waals surface area contributed by atoms with Gasteiger partial charge in [-0.15, -0.1) is 0 Å². The highest BCUT2D eigenvalue weighted by Crippen LogP contribution is 2.28. The van der Waals surface area contributed by atoms with E-state index in [1.54, 1.807) is 0 Å². The highest BCUT2D eigenvalue weighted by molar-refractivity contribution is 8.01. The van der Waals surface area contributed by atoms with Crippen LogP contribution < -0.4 is 5.73 Å². The predicted octanol–water partition coefficient (Wildman–Crippen LogP) is 2.32. The third-order valence-corrected chi connectivity index (χ3v) is 4.23. The van der Waals surface area contributed by atoms with Crippen molar-refractivity contribution in [1.82, 2.24) is 9.36 Å². The number of nitrogens with two attached hydrogens (primary N) is 1. The Morgan fingerprint density at radius 2 is 2.29 bits per heavy atom. The summed E-state index contributed by atoms with van der Waals surface area (Å²) in [5, 5.41) is 0.595. The van der Waals surface area contributed by atoms with Crippen molar-refractivity contribution in [1.29, 1.82) is 0 Å². The first-order chi connectivity index (χ1) is 6.80. The molecule has 1 aromatic heterocycles. The van der Waals surface area contributed by atoms with Crippen LogP contribution in [0.1, 0.15) is 32.5 Å². The van der Waals surface area contributed by atoms with Crippen molar-refractivity contribution in [2.45, 2.75) is 42.7 Å². The Kier molecular flexibility index (Phi) is 5.44. The zero-order chi connectivity index (χ0) is 10.4. The SMILES string of the molecule is CCc1nsc(SC(CC)CCN)n1. The van der Waals surface area contributed by atoms with Gasteiger partial charge in [0, 0.05) is 11.7 Å². The van der Waals surface area contributed by atoms with Gasteiger partial charge in [-0.2, -0.15) is 4.37 Å². The smallest absolute Gasteiger partial charge is 0.170 e. The Morgan fingerprint density at radius 1 is 1.50 bits per heavy atom. The van der Waals surface area contributed by atoms with E-state index in [1.807, 2.05) is 11.8 Å². The molecule has 0 saturated carbocycles. The lowest BCUT2D eigenvalue weighted by Crippen LogP contribution is -2.09. The van der Waals surface area contributed by atoms with Gasteiger partial charge < -0.3 is 5.73 Å². The molecule has 0 radical (unpaired) electrons. The van der Waals surface area contributed by atoms with Crippen LogP contribution in [0.3, 0.4) is 0 Å². The normalized spacial score (nSPS) is 13.1. The van der Waals surface area contributed by atoms with E-state index >= 15 is 0 Å². The second-order valence-electron chi connectivity index (χ2n) is 3.06. The molecule has 2 N–H and O–H groups in total. The quantitative estimate of drug-likeness (QED) is 0.763. The molecule has 0 saturated heterocycles. The van der Waals surface area contributed by atoms with E-state index in [0.717, 1.165) is 36.0 Å². The van der Waals surface area contributed by atoms with Gasteiger partial charge in [-0.05, 0) is 30.9 Å². The number of aryl methyl sites for hydroxylation is 1. The summed E-state index contributed by atoms with van der Waals surface area (Å²) < 4.78 is 5.35. The first-order valence-electron chi connectivity index (χ1n) is 4.99. The molecule has 1 unspecified atom stereocenters. The van der Waals surface area contributed by atoms with Crippen molar-refractivity contribution in [3.63, 3.8) is 0 Å². The van der Waals surface area contributed by atoms with Crippen LogP contribution in [0.25, 0.3) is 0 Å². The van der Waals surface area contributed by atoms with E-state index in [4.69, 9.17) is 5.73 Å². The van der Waals surface area contributed by atoms with Gasteiger partial charge in [-0.1, -0.05) is 25.6 Å². The molecule has 14 heavy (non-hydrogen) atoms. The Bertz CT molecular complexity index is 262. The summed E-state index contributed by atoms with van der Waals surface area (Å²) >= 11 is 3.32. The number of thioether (sulfide) groups is 1. The monoisotopic (exact) mass is 231 g/mol. The summed E-state index contributed by atoms with van der Waals surface area (Å²) in [5.74, 6) is 0.958. The van der Waals surface area contributed by atoms with Crippen molar-refractivity contribution >= 4 is 23.3 Å². The fourth-order valence-corrected chi connectivity index (χ4v) is 3.16. The van der Waals surface area contributed by atoms with Crippen LogP contribution in [0.5, 0.6) is 0 Å². The van der Waals surface area contributed by atoms with Crippen molar-refractivity contribution in [3.8, 4) is 0 Å². The standard InChI is InChI=1S/C9H17N3S2/c1-3-7(5-6-10)13-9-11-8(4-2)12-14-9/h7H,3-6,10H2,1-2H3. The Balaban J connectivity index is 2.48. The fourth-order valence-electron chi connectivity index (χ4n) is 1.10. The number of nitrogens with zero attached hydrogens (tertiary/aromatic N) is 2. The third kappa shape index (κ3) is 3.55. The lowest BCUT2D eigenvalue weighted by Gasteiger charge is -2.09. The number of hydrogen-bond donors (Lipinski definition) is 1. The van der Waals surface area contributed by atoms with E-state index in [2.05, 4.69) is 23.2 Å². The lowest BCUT2D eigenvalue weighted by molar-refractivity contribution is 0.745. The van der Waals surface area contributed by atoms with Gasteiger partial charge >= 0.3 is 0 Å². The molecule has 3 nitrogen and oxygen atoms in total. The molecule has 1 rings (SSSR count). The molecule has 1 aromatic rings. The first kappa shape index (κ1) is 11.9. The Hall–Kier alpha value is -0.130. The van der Waals surface area contributed by atoms with Gasteiger partial charge in [0.25, 0.3) is 0 Å². The molecule has 0 bridgehead atoms. The van der Waals surface area contributed by atoms with Crippen molar-refractivity contribution in [2.24, 2.45) is 5.73 Å². The van der Waals surface area contributed by atoms with Crippen molar-refractivity contribution < 1.29 is 0 Å².